The molecule has 9 heteroatoms. The second kappa shape index (κ2) is 14.8. The van der Waals surface area contributed by atoms with Gasteiger partial charge >= 0.3 is 7.12 Å². The van der Waals surface area contributed by atoms with Gasteiger partial charge in [-0.1, -0.05) is 67.4 Å². The van der Waals surface area contributed by atoms with Gasteiger partial charge in [-0.3, -0.25) is 24.4 Å². The Labute approximate surface area is 289 Å². The number of nitrogens with zero attached hydrogens (tertiary/aromatic N) is 3. The average molecular weight is 660 g/mol. The number of hydrogen-bond donors (Lipinski definition) is 2. The highest BCUT2D eigenvalue weighted by Crippen LogP contribution is 2.52. The monoisotopic (exact) mass is 659 g/mol. The van der Waals surface area contributed by atoms with Crippen LogP contribution in [0.4, 0.5) is 0 Å². The second-order valence-electron chi connectivity index (χ2n) is 14.1. The predicted molar refractivity (Wildman–Crippen MR) is 191 cm³/mol. The minimum absolute atomic E-state index is 0.0176. The smallest absolute Gasteiger partial charge is 0.455 e. The van der Waals surface area contributed by atoms with Crippen molar-refractivity contribution >= 4 is 30.6 Å². The van der Waals surface area contributed by atoms with Crippen molar-refractivity contribution in [3.8, 4) is 5.75 Å². The van der Waals surface area contributed by atoms with Crippen LogP contribution in [0, 0.1) is 17.8 Å². The van der Waals surface area contributed by atoms with Crippen LogP contribution >= 0.6 is 0 Å². The number of phenols is 1. The molecule has 2 amide bonds. The van der Waals surface area contributed by atoms with Crippen LogP contribution in [0.3, 0.4) is 0 Å². The highest BCUT2D eigenvalue weighted by molar-refractivity contribution is 6.43. The van der Waals surface area contributed by atoms with Crippen LogP contribution < -0.4 is 0 Å². The molecule has 8 nitrogen and oxygen atoms in total. The zero-order chi connectivity index (χ0) is 33.9. The lowest BCUT2D eigenvalue weighted by Crippen LogP contribution is -2.48. The van der Waals surface area contributed by atoms with Crippen LogP contribution in [0.5, 0.6) is 5.75 Å². The Morgan fingerprint density at radius 3 is 2.45 bits per heavy atom. The van der Waals surface area contributed by atoms with Gasteiger partial charge in [-0.15, -0.1) is 0 Å². The molecule has 0 radical (unpaired) electrons. The van der Waals surface area contributed by atoms with E-state index >= 15 is 0 Å². The van der Waals surface area contributed by atoms with E-state index < -0.39 is 13.0 Å². The van der Waals surface area contributed by atoms with Crippen LogP contribution in [-0.4, -0.2) is 69.1 Å². The summed E-state index contributed by atoms with van der Waals surface area (Å²) in [6, 6.07) is 23.3. The Morgan fingerprint density at radius 2 is 1.73 bits per heavy atom. The first-order chi connectivity index (χ1) is 23.9. The summed E-state index contributed by atoms with van der Waals surface area (Å²) in [6.45, 7) is 4.73. The van der Waals surface area contributed by atoms with E-state index in [2.05, 4.69) is 47.1 Å². The number of rotatable bonds is 10. The fraction of sp³-hybridized carbons (Fsp3) is 0.425. The zero-order valence-corrected chi connectivity index (χ0v) is 28.3. The molecular weight excluding hydrogens is 613 g/mol. The molecule has 1 aromatic heterocycles. The molecule has 0 saturated carbocycles. The molecule has 7 rings (SSSR count). The first-order valence-corrected chi connectivity index (χ1v) is 18.0. The van der Waals surface area contributed by atoms with Gasteiger partial charge in [0, 0.05) is 31.9 Å². The molecule has 254 valence electrons. The van der Waals surface area contributed by atoms with Gasteiger partial charge in [-0.05, 0) is 103 Å². The summed E-state index contributed by atoms with van der Waals surface area (Å²) in [6.07, 6.45) is 9.03. The largest absolute Gasteiger partial charge is 0.508 e. The number of phenolic OH excluding ortho intramolecular Hbond substituents is 1. The van der Waals surface area contributed by atoms with E-state index in [0.29, 0.717) is 25.6 Å². The molecule has 0 spiro atoms. The van der Waals surface area contributed by atoms with Crippen LogP contribution in [0.1, 0.15) is 68.7 Å². The molecule has 3 aliphatic heterocycles. The van der Waals surface area contributed by atoms with E-state index in [1.165, 1.54) is 11.1 Å². The van der Waals surface area contributed by atoms with Crippen molar-refractivity contribution in [1.82, 2.24) is 14.8 Å². The van der Waals surface area contributed by atoms with E-state index in [4.69, 9.17) is 4.65 Å². The number of allylic oxidation sites excluding steroid dienone is 2. The van der Waals surface area contributed by atoms with Crippen LogP contribution in [0.25, 0.3) is 11.6 Å². The number of imide groups is 1. The fourth-order valence-corrected chi connectivity index (χ4v) is 8.75. The molecule has 4 heterocycles. The number of pyridine rings is 1. The summed E-state index contributed by atoms with van der Waals surface area (Å²) in [5, 5.41) is 20.9. The Hall–Kier alpha value is -4.05. The predicted octanol–water partition coefficient (Wildman–Crippen LogP) is 6.37. The van der Waals surface area contributed by atoms with Gasteiger partial charge in [0.1, 0.15) is 5.75 Å². The normalized spacial score (nSPS) is 25.1. The molecule has 4 atom stereocenters. The third kappa shape index (κ3) is 7.16. The van der Waals surface area contributed by atoms with Crippen molar-refractivity contribution in [1.29, 1.82) is 0 Å². The SMILES string of the molecule is CCCC1=C2[C@@H](CC/C(=C/c3ccc(O)cc3)c3ccccn3)OB(O)C[C@@H]2[C@@H]2C(=O)N(C3CCN(Cc4ccccc4)CC3)C(=O)[C@@H]2C1. The maximum atomic E-state index is 14.3. The van der Waals surface area contributed by atoms with Gasteiger partial charge in [0.25, 0.3) is 0 Å². The summed E-state index contributed by atoms with van der Waals surface area (Å²) in [5.74, 6) is -0.887. The minimum Gasteiger partial charge on any atom is -0.508 e. The first-order valence-electron chi connectivity index (χ1n) is 18.0. The highest BCUT2D eigenvalue weighted by atomic mass is 16.5. The molecule has 1 aliphatic carbocycles. The average Bonchev–Trinajstić information content (AvgIpc) is 3.37. The number of benzene rings is 2. The molecule has 3 fully saturated rings. The van der Waals surface area contributed by atoms with Crippen molar-refractivity contribution in [3.05, 3.63) is 107 Å². The summed E-state index contributed by atoms with van der Waals surface area (Å²) in [7, 11) is -1.00. The minimum atomic E-state index is -1.00. The molecule has 3 aromatic rings. The Bertz CT molecular complexity index is 1690. The van der Waals surface area contributed by atoms with Crippen molar-refractivity contribution in [3.63, 3.8) is 0 Å². The lowest BCUT2D eigenvalue weighted by atomic mass is 9.58. The molecule has 2 N–H and O–H groups in total. The summed E-state index contributed by atoms with van der Waals surface area (Å²) in [5.41, 5.74) is 6.48. The molecule has 0 unspecified atom stereocenters. The van der Waals surface area contributed by atoms with Crippen molar-refractivity contribution in [2.24, 2.45) is 17.8 Å². The summed E-state index contributed by atoms with van der Waals surface area (Å²) in [4.78, 5) is 37.1. The topological polar surface area (TPSA) is 103 Å². The molecule has 49 heavy (non-hydrogen) atoms. The number of piperidine rings is 1. The number of aromatic nitrogens is 1. The van der Waals surface area contributed by atoms with Crippen molar-refractivity contribution in [2.75, 3.05) is 13.1 Å². The molecule has 0 bridgehead atoms. The van der Waals surface area contributed by atoms with E-state index in [-0.39, 0.29) is 41.5 Å². The standard InChI is InChI=1S/C40H46BN3O5/c1-2-8-30-24-33-38(40(47)44(39(33)46)31-18-21-43(22-19-31)26-28-9-4-3-5-10-28)34-25-41(48)49-36(37(30)34)17-14-29(35-11-6-7-20-42-35)23-27-12-15-32(45)16-13-27/h3-7,9-13,15-16,20,23,31,33-34,36,38,45,48H,2,8,14,17-19,21-22,24-26H2,1H3/b29-23-/t33-,34+,36-,38-/m1/s1. The lowest BCUT2D eigenvalue weighted by Gasteiger charge is -2.43. The molecule has 4 aliphatic rings. The maximum absolute atomic E-state index is 14.3. The van der Waals surface area contributed by atoms with Gasteiger partial charge in [-0.2, -0.15) is 0 Å². The van der Waals surface area contributed by atoms with Crippen LogP contribution in [0.2, 0.25) is 6.32 Å². The Kier molecular flexibility index (Phi) is 10.1. The summed E-state index contributed by atoms with van der Waals surface area (Å²) < 4.78 is 6.30. The summed E-state index contributed by atoms with van der Waals surface area (Å²) >= 11 is 0. The number of fused-ring (bicyclic) bond motifs is 3. The van der Waals surface area contributed by atoms with Crippen LogP contribution in [-0.2, 0) is 20.8 Å². The quantitative estimate of drug-likeness (QED) is 0.148. The number of carbonyl (C=O) groups excluding carboxylic acids is 2. The number of hydrogen-bond acceptors (Lipinski definition) is 7. The van der Waals surface area contributed by atoms with Crippen molar-refractivity contribution < 1.29 is 24.4 Å². The van der Waals surface area contributed by atoms with E-state index in [0.717, 1.165) is 67.7 Å². The number of likely N-dealkylation sites (tertiary alicyclic amines) is 2. The third-order valence-corrected chi connectivity index (χ3v) is 11.0. The molecule has 3 saturated heterocycles. The van der Waals surface area contributed by atoms with Crippen molar-refractivity contribution in [2.45, 2.75) is 76.9 Å². The van der Waals surface area contributed by atoms with E-state index in [9.17, 15) is 19.7 Å². The Balaban J connectivity index is 1.11. The number of amides is 2. The van der Waals surface area contributed by atoms with Gasteiger partial charge in [0.15, 0.2) is 0 Å². The van der Waals surface area contributed by atoms with Gasteiger partial charge in [-0.25, -0.2) is 0 Å². The van der Waals surface area contributed by atoms with Gasteiger partial charge < -0.3 is 14.8 Å². The second-order valence-corrected chi connectivity index (χ2v) is 14.1. The fourth-order valence-electron chi connectivity index (χ4n) is 8.75. The molecular formula is C40H46BN3O5. The zero-order valence-electron chi connectivity index (χ0n) is 28.3. The lowest BCUT2D eigenvalue weighted by molar-refractivity contribution is -0.144. The van der Waals surface area contributed by atoms with Crippen LogP contribution in [0.15, 0.2) is 90.1 Å². The van der Waals surface area contributed by atoms with E-state index in [1.807, 2.05) is 36.4 Å². The maximum Gasteiger partial charge on any atom is 0.455 e. The molecule has 2 aromatic carbocycles. The number of aromatic hydroxyl groups is 1. The van der Waals surface area contributed by atoms with Gasteiger partial charge in [0.05, 0.1) is 23.6 Å². The highest BCUT2D eigenvalue weighted by Gasteiger charge is 2.58. The first kappa shape index (κ1) is 33.5. The Morgan fingerprint density at radius 1 is 0.980 bits per heavy atom. The van der Waals surface area contributed by atoms with E-state index in [1.54, 1.807) is 23.2 Å². The van der Waals surface area contributed by atoms with Gasteiger partial charge in [0.2, 0.25) is 11.8 Å². The third-order valence-electron chi connectivity index (χ3n) is 11.0. The number of carbonyl (C=O) groups is 2.